The van der Waals surface area contributed by atoms with E-state index in [-0.39, 0.29) is 5.56 Å². The molecule has 0 aliphatic rings. The Hall–Kier alpha value is -0.970. The summed E-state index contributed by atoms with van der Waals surface area (Å²) in [6, 6.07) is 7.34. The summed E-state index contributed by atoms with van der Waals surface area (Å²) >= 11 is 9.35. The monoisotopic (exact) mass is 373 g/mol. The Morgan fingerprint density at radius 1 is 1.24 bits per heavy atom. The summed E-state index contributed by atoms with van der Waals surface area (Å²) in [7, 11) is 0. The van der Waals surface area contributed by atoms with Gasteiger partial charge >= 0.3 is 0 Å². The molecule has 1 atom stereocenters. The van der Waals surface area contributed by atoms with Crippen molar-refractivity contribution in [3.63, 3.8) is 0 Å². The molecule has 21 heavy (non-hydrogen) atoms. The molecule has 0 spiro atoms. The third-order valence-electron chi connectivity index (χ3n) is 3.29. The minimum Gasteiger partial charge on any atom is -0.306 e. The summed E-state index contributed by atoms with van der Waals surface area (Å²) in [6.07, 6.45) is 0. The number of aryl methyl sites for hydroxylation is 1. The van der Waals surface area contributed by atoms with Crippen LogP contribution in [-0.4, -0.2) is 6.54 Å². The van der Waals surface area contributed by atoms with Crippen LogP contribution in [-0.2, 0) is 0 Å². The molecule has 0 aliphatic heterocycles. The molecule has 112 valence electrons. The second-order valence-corrected chi connectivity index (χ2v) is 6.04. The van der Waals surface area contributed by atoms with Crippen molar-refractivity contribution in [2.24, 2.45) is 0 Å². The molecule has 0 fully saturated rings. The van der Waals surface area contributed by atoms with Crippen LogP contribution in [0.1, 0.15) is 29.7 Å². The van der Waals surface area contributed by atoms with Gasteiger partial charge in [-0.1, -0.05) is 46.6 Å². The van der Waals surface area contributed by atoms with Crippen LogP contribution in [0.3, 0.4) is 0 Å². The fourth-order valence-electron chi connectivity index (χ4n) is 2.25. The van der Waals surface area contributed by atoms with Gasteiger partial charge in [-0.25, -0.2) is 8.78 Å². The van der Waals surface area contributed by atoms with E-state index in [1.54, 1.807) is 25.1 Å². The summed E-state index contributed by atoms with van der Waals surface area (Å²) < 4.78 is 29.3. The van der Waals surface area contributed by atoms with Gasteiger partial charge in [-0.05, 0) is 42.8 Å². The van der Waals surface area contributed by atoms with Crippen molar-refractivity contribution in [3.05, 3.63) is 68.2 Å². The molecule has 2 aromatic carbocycles. The lowest BCUT2D eigenvalue weighted by Gasteiger charge is -2.22. The Morgan fingerprint density at radius 2 is 1.95 bits per heavy atom. The summed E-state index contributed by atoms with van der Waals surface area (Å²) in [5.41, 5.74) is 1.18. The quantitative estimate of drug-likeness (QED) is 0.757. The van der Waals surface area contributed by atoms with Crippen LogP contribution in [0.15, 0.2) is 34.8 Å². The van der Waals surface area contributed by atoms with Crippen LogP contribution in [0.5, 0.6) is 0 Å². The van der Waals surface area contributed by atoms with Crippen LogP contribution in [0, 0.1) is 18.6 Å². The smallest absolute Gasteiger partial charge is 0.134 e. The van der Waals surface area contributed by atoms with E-state index in [9.17, 15) is 8.78 Å². The van der Waals surface area contributed by atoms with Gasteiger partial charge in [0.05, 0.1) is 6.04 Å². The summed E-state index contributed by atoms with van der Waals surface area (Å²) in [5.74, 6) is -1.09. The molecule has 0 radical (unpaired) electrons. The average Bonchev–Trinajstić information content (AvgIpc) is 2.43. The molecule has 0 amide bonds. The number of hydrogen-bond acceptors (Lipinski definition) is 1. The van der Waals surface area contributed by atoms with Crippen molar-refractivity contribution in [2.75, 3.05) is 6.54 Å². The maximum absolute atomic E-state index is 14.4. The van der Waals surface area contributed by atoms with Crippen molar-refractivity contribution >= 4 is 27.5 Å². The zero-order valence-electron chi connectivity index (χ0n) is 11.7. The fourth-order valence-corrected chi connectivity index (χ4v) is 3.16. The Balaban J connectivity index is 2.61. The van der Waals surface area contributed by atoms with Gasteiger partial charge in [0.1, 0.15) is 11.6 Å². The maximum Gasteiger partial charge on any atom is 0.134 e. The van der Waals surface area contributed by atoms with E-state index in [1.165, 1.54) is 12.1 Å². The Labute approximate surface area is 136 Å². The molecule has 0 aliphatic carbocycles. The molecule has 2 rings (SSSR count). The second kappa shape index (κ2) is 6.86. The van der Waals surface area contributed by atoms with Crippen LogP contribution < -0.4 is 5.32 Å². The fraction of sp³-hybridized carbons (Fsp3) is 0.250. The summed E-state index contributed by atoms with van der Waals surface area (Å²) in [5, 5.41) is 3.69. The minimum absolute atomic E-state index is 0.0277. The first-order valence-electron chi connectivity index (χ1n) is 6.58. The molecule has 5 heteroatoms. The van der Waals surface area contributed by atoms with Gasteiger partial charge in [0.2, 0.25) is 0 Å². The molecule has 0 heterocycles. The first-order chi connectivity index (χ1) is 9.95. The van der Waals surface area contributed by atoms with Crippen molar-refractivity contribution in [1.29, 1.82) is 0 Å². The third-order valence-corrected chi connectivity index (χ3v) is 4.21. The lowest BCUT2D eigenvalue weighted by molar-refractivity contribution is 0.506. The molecule has 0 aromatic heterocycles. The van der Waals surface area contributed by atoms with Gasteiger partial charge in [0.25, 0.3) is 0 Å². The molecule has 0 saturated heterocycles. The largest absolute Gasteiger partial charge is 0.306 e. The number of halogens is 4. The summed E-state index contributed by atoms with van der Waals surface area (Å²) in [6.45, 7) is 4.09. The van der Waals surface area contributed by atoms with E-state index in [1.807, 2.05) is 6.92 Å². The minimum atomic E-state index is -0.582. The Morgan fingerprint density at radius 3 is 2.57 bits per heavy atom. The Bertz CT molecular complexity index is 661. The molecular weight excluding hydrogens is 360 g/mol. The SMILES string of the molecule is CCNC(c1ccc(Cl)cc1Br)c1c(F)ccc(C)c1F. The zero-order chi connectivity index (χ0) is 15.6. The van der Waals surface area contributed by atoms with E-state index in [0.717, 1.165) is 5.56 Å². The number of hydrogen-bond donors (Lipinski definition) is 1. The number of rotatable bonds is 4. The van der Waals surface area contributed by atoms with Crippen molar-refractivity contribution in [1.82, 2.24) is 5.32 Å². The average molecular weight is 375 g/mol. The van der Waals surface area contributed by atoms with Crippen LogP contribution in [0.2, 0.25) is 5.02 Å². The molecule has 1 nitrogen and oxygen atoms in total. The molecule has 0 saturated carbocycles. The third kappa shape index (κ3) is 3.44. The van der Waals surface area contributed by atoms with Crippen LogP contribution in [0.25, 0.3) is 0 Å². The van der Waals surface area contributed by atoms with Gasteiger partial charge < -0.3 is 5.32 Å². The molecule has 1 N–H and O–H groups in total. The van der Waals surface area contributed by atoms with E-state index < -0.39 is 17.7 Å². The highest BCUT2D eigenvalue weighted by atomic mass is 79.9. The second-order valence-electron chi connectivity index (χ2n) is 4.75. The van der Waals surface area contributed by atoms with Crippen LogP contribution in [0.4, 0.5) is 8.78 Å². The van der Waals surface area contributed by atoms with Crippen molar-refractivity contribution in [3.8, 4) is 0 Å². The highest BCUT2D eigenvalue weighted by Crippen LogP contribution is 2.34. The van der Waals surface area contributed by atoms with Crippen molar-refractivity contribution in [2.45, 2.75) is 19.9 Å². The Kier molecular flexibility index (Phi) is 5.36. The van der Waals surface area contributed by atoms with E-state index in [0.29, 0.717) is 21.6 Å². The standard InChI is InChI=1S/C16H15BrClF2N/c1-3-21-16(11-6-5-10(18)8-12(11)17)14-13(19)7-4-9(2)15(14)20/h4-8,16,21H,3H2,1-2H3. The van der Waals surface area contributed by atoms with Gasteiger partial charge in [-0.3, -0.25) is 0 Å². The number of benzene rings is 2. The molecular formula is C16H15BrClF2N. The molecule has 2 aromatic rings. The summed E-state index contributed by atoms with van der Waals surface area (Å²) in [4.78, 5) is 0. The molecule has 0 bridgehead atoms. The maximum atomic E-state index is 14.4. The highest BCUT2D eigenvalue weighted by Gasteiger charge is 2.24. The highest BCUT2D eigenvalue weighted by molar-refractivity contribution is 9.10. The first kappa shape index (κ1) is 16.4. The topological polar surface area (TPSA) is 12.0 Å². The first-order valence-corrected chi connectivity index (χ1v) is 7.75. The predicted molar refractivity (Wildman–Crippen MR) is 85.8 cm³/mol. The lowest BCUT2D eigenvalue weighted by atomic mass is 9.96. The zero-order valence-corrected chi connectivity index (χ0v) is 14.0. The van der Waals surface area contributed by atoms with Gasteiger partial charge in [-0.15, -0.1) is 0 Å². The predicted octanol–water partition coefficient (Wildman–Crippen LogP) is 5.39. The van der Waals surface area contributed by atoms with Crippen molar-refractivity contribution < 1.29 is 8.78 Å². The van der Waals surface area contributed by atoms with Gasteiger partial charge in [0.15, 0.2) is 0 Å². The van der Waals surface area contributed by atoms with Crippen LogP contribution >= 0.6 is 27.5 Å². The van der Waals surface area contributed by atoms with Gasteiger partial charge in [-0.2, -0.15) is 0 Å². The molecule has 1 unspecified atom stereocenters. The lowest BCUT2D eigenvalue weighted by Crippen LogP contribution is -2.25. The van der Waals surface area contributed by atoms with E-state index in [4.69, 9.17) is 11.6 Å². The normalized spacial score (nSPS) is 12.5. The van der Waals surface area contributed by atoms with Gasteiger partial charge in [0, 0.05) is 15.1 Å². The van der Waals surface area contributed by atoms with E-state index >= 15 is 0 Å². The number of nitrogens with one attached hydrogen (secondary N) is 1. The van der Waals surface area contributed by atoms with E-state index in [2.05, 4.69) is 21.2 Å².